The van der Waals surface area contributed by atoms with Crippen molar-refractivity contribution in [2.45, 2.75) is 6.36 Å². The first-order valence-electron chi connectivity index (χ1n) is 6.29. The maximum absolute atomic E-state index is 13.7. The minimum atomic E-state index is -4.87. The van der Waals surface area contributed by atoms with Gasteiger partial charge < -0.3 is 14.2 Å². The summed E-state index contributed by atoms with van der Waals surface area (Å²) in [5.41, 5.74) is -0.392. The van der Waals surface area contributed by atoms with Crippen LogP contribution in [-0.2, 0) is 0 Å². The quantitative estimate of drug-likeness (QED) is 0.554. The maximum Gasteiger partial charge on any atom is 0.573 e. The van der Waals surface area contributed by atoms with Crippen LogP contribution < -0.4 is 14.2 Å². The Morgan fingerprint density at radius 1 is 1.08 bits per heavy atom. The van der Waals surface area contributed by atoms with E-state index in [1.165, 1.54) is 13.2 Å². The lowest BCUT2D eigenvalue weighted by atomic mass is 10.2. The van der Waals surface area contributed by atoms with Crippen LogP contribution in [0.5, 0.6) is 23.0 Å². The third-order valence-electron chi connectivity index (χ3n) is 2.76. The van der Waals surface area contributed by atoms with E-state index in [2.05, 4.69) is 4.74 Å². The molecule has 4 nitrogen and oxygen atoms in total. The van der Waals surface area contributed by atoms with Crippen molar-refractivity contribution < 1.29 is 36.6 Å². The molecule has 0 fully saturated rings. The first kappa shape index (κ1) is 17.9. The molecule has 0 unspecified atom stereocenters. The topological polar surface area (TPSA) is 44.8 Å². The van der Waals surface area contributed by atoms with Crippen LogP contribution in [0.2, 0.25) is 5.02 Å². The summed E-state index contributed by atoms with van der Waals surface area (Å²) >= 11 is 5.70. The summed E-state index contributed by atoms with van der Waals surface area (Å²) in [6.07, 6.45) is -4.64. The van der Waals surface area contributed by atoms with E-state index in [-0.39, 0.29) is 28.6 Å². The first-order valence-corrected chi connectivity index (χ1v) is 6.67. The molecule has 24 heavy (non-hydrogen) atoms. The Bertz CT molecular complexity index is 762. The highest BCUT2D eigenvalue weighted by molar-refractivity contribution is 6.30. The molecule has 0 spiro atoms. The summed E-state index contributed by atoms with van der Waals surface area (Å²) < 4.78 is 64.4. The van der Waals surface area contributed by atoms with Crippen molar-refractivity contribution in [1.29, 1.82) is 0 Å². The number of carbonyl (C=O) groups excluding carboxylic acids is 1. The van der Waals surface area contributed by atoms with E-state index in [9.17, 15) is 22.4 Å². The molecule has 0 amide bonds. The van der Waals surface area contributed by atoms with Gasteiger partial charge in [-0.3, -0.25) is 4.79 Å². The van der Waals surface area contributed by atoms with Gasteiger partial charge in [0.2, 0.25) is 0 Å². The van der Waals surface area contributed by atoms with Crippen molar-refractivity contribution in [3.63, 3.8) is 0 Å². The molecule has 0 aromatic heterocycles. The summed E-state index contributed by atoms with van der Waals surface area (Å²) in [6, 6.07) is 5.15. The molecule has 0 N–H and O–H groups in total. The molecule has 0 radical (unpaired) electrons. The molecule has 9 heteroatoms. The summed E-state index contributed by atoms with van der Waals surface area (Å²) in [6.45, 7) is 0. The first-order chi connectivity index (χ1) is 11.2. The molecular weight excluding hydrogens is 356 g/mol. The van der Waals surface area contributed by atoms with E-state index in [1.807, 2.05) is 0 Å². The second-order valence-corrected chi connectivity index (χ2v) is 4.82. The van der Waals surface area contributed by atoms with Crippen molar-refractivity contribution in [2.75, 3.05) is 7.11 Å². The largest absolute Gasteiger partial charge is 0.573 e. The molecular formula is C15H9ClF4O4. The lowest BCUT2D eigenvalue weighted by Gasteiger charge is -2.14. The van der Waals surface area contributed by atoms with Crippen LogP contribution in [0.3, 0.4) is 0 Å². The molecule has 128 valence electrons. The number of rotatable bonds is 5. The number of aldehydes is 1. The van der Waals surface area contributed by atoms with Gasteiger partial charge in [0.05, 0.1) is 12.7 Å². The molecule has 0 aliphatic carbocycles. The number of methoxy groups -OCH3 is 1. The Morgan fingerprint density at radius 3 is 2.38 bits per heavy atom. The van der Waals surface area contributed by atoms with Crippen molar-refractivity contribution in [3.8, 4) is 23.0 Å². The van der Waals surface area contributed by atoms with Gasteiger partial charge in [-0.2, -0.15) is 0 Å². The number of hydrogen-bond donors (Lipinski definition) is 0. The highest BCUT2D eigenvalue weighted by Crippen LogP contribution is 2.38. The van der Waals surface area contributed by atoms with Gasteiger partial charge in [0.15, 0.2) is 17.8 Å². The Labute approximate surface area is 138 Å². The van der Waals surface area contributed by atoms with Crippen LogP contribution in [0.15, 0.2) is 30.3 Å². The van der Waals surface area contributed by atoms with Gasteiger partial charge in [-0.05, 0) is 18.2 Å². The third kappa shape index (κ3) is 4.29. The van der Waals surface area contributed by atoms with E-state index in [0.717, 1.165) is 24.3 Å². The summed E-state index contributed by atoms with van der Waals surface area (Å²) in [5, 5.41) is -0.0240. The predicted molar refractivity (Wildman–Crippen MR) is 76.5 cm³/mol. The second kappa shape index (κ2) is 6.96. The molecule has 0 atom stereocenters. The minimum Gasteiger partial charge on any atom is -0.493 e. The van der Waals surface area contributed by atoms with Crippen LogP contribution in [0, 0.1) is 5.82 Å². The normalized spacial score (nSPS) is 11.1. The predicted octanol–water partition coefficient (Wildman–Crippen LogP) is 4.99. The summed E-state index contributed by atoms with van der Waals surface area (Å²) in [4.78, 5) is 11.0. The number of halogens is 5. The number of benzene rings is 2. The van der Waals surface area contributed by atoms with Crippen molar-refractivity contribution in [3.05, 3.63) is 46.7 Å². The average molecular weight is 365 g/mol. The zero-order valence-corrected chi connectivity index (χ0v) is 12.7. The number of alkyl halides is 3. The number of ether oxygens (including phenoxy) is 3. The Morgan fingerprint density at radius 2 is 1.79 bits per heavy atom. The second-order valence-electron chi connectivity index (χ2n) is 4.38. The van der Waals surface area contributed by atoms with Crippen LogP contribution >= 0.6 is 11.6 Å². The van der Waals surface area contributed by atoms with E-state index >= 15 is 0 Å². The molecule has 0 aliphatic heterocycles. The van der Waals surface area contributed by atoms with Gasteiger partial charge in [-0.25, -0.2) is 4.39 Å². The van der Waals surface area contributed by atoms with E-state index in [4.69, 9.17) is 21.1 Å². The molecule has 0 heterocycles. The smallest absolute Gasteiger partial charge is 0.493 e. The molecule has 0 aliphatic rings. The third-order valence-corrected chi connectivity index (χ3v) is 2.98. The molecule has 2 aromatic rings. The molecule has 2 rings (SSSR count). The lowest BCUT2D eigenvalue weighted by Crippen LogP contribution is -2.17. The van der Waals surface area contributed by atoms with Crippen LogP contribution in [0.25, 0.3) is 0 Å². The SMILES string of the molecule is COc1cc(OC(F)(F)F)ccc1Oc1cc(Cl)cc(F)c1C=O. The highest BCUT2D eigenvalue weighted by Gasteiger charge is 2.31. The Kier molecular flexibility index (Phi) is 5.18. The standard InChI is InChI=1S/C15H9ClF4O4/c1-22-14-6-9(24-15(18,19)20)2-3-12(14)23-13-5-8(16)4-11(17)10(13)7-21/h2-7H,1H3. The monoisotopic (exact) mass is 364 g/mol. The van der Waals surface area contributed by atoms with Crippen molar-refractivity contribution in [2.24, 2.45) is 0 Å². The summed E-state index contributed by atoms with van der Waals surface area (Å²) in [5.74, 6) is -1.81. The Balaban J connectivity index is 2.38. The van der Waals surface area contributed by atoms with Crippen LogP contribution in [0.4, 0.5) is 17.6 Å². The number of carbonyl (C=O) groups is 1. The van der Waals surface area contributed by atoms with Crippen molar-refractivity contribution in [1.82, 2.24) is 0 Å². The van der Waals surface area contributed by atoms with E-state index in [0.29, 0.717) is 0 Å². The average Bonchev–Trinajstić information content (AvgIpc) is 2.47. The molecule has 0 saturated heterocycles. The number of hydrogen-bond acceptors (Lipinski definition) is 4. The fourth-order valence-electron chi connectivity index (χ4n) is 1.81. The summed E-state index contributed by atoms with van der Waals surface area (Å²) in [7, 11) is 1.19. The maximum atomic E-state index is 13.7. The Hall–Kier alpha value is -2.48. The van der Waals surface area contributed by atoms with Gasteiger partial charge in [-0.1, -0.05) is 11.6 Å². The van der Waals surface area contributed by atoms with Gasteiger partial charge in [0.25, 0.3) is 0 Å². The van der Waals surface area contributed by atoms with Crippen LogP contribution in [0.1, 0.15) is 10.4 Å². The molecule has 2 aromatic carbocycles. The van der Waals surface area contributed by atoms with Gasteiger partial charge in [0, 0.05) is 17.2 Å². The van der Waals surface area contributed by atoms with Gasteiger partial charge in [0.1, 0.15) is 17.3 Å². The molecule has 0 saturated carbocycles. The van der Waals surface area contributed by atoms with Crippen LogP contribution in [-0.4, -0.2) is 19.8 Å². The van der Waals surface area contributed by atoms with Gasteiger partial charge >= 0.3 is 6.36 Å². The zero-order chi connectivity index (χ0) is 17.9. The fraction of sp³-hybridized carbons (Fsp3) is 0.133. The van der Waals surface area contributed by atoms with E-state index < -0.39 is 23.5 Å². The van der Waals surface area contributed by atoms with Gasteiger partial charge in [-0.15, -0.1) is 13.2 Å². The lowest BCUT2D eigenvalue weighted by molar-refractivity contribution is -0.274. The minimum absolute atomic E-state index is 0.0240. The zero-order valence-electron chi connectivity index (χ0n) is 12.0. The van der Waals surface area contributed by atoms with E-state index in [1.54, 1.807) is 0 Å². The highest BCUT2D eigenvalue weighted by atomic mass is 35.5. The van der Waals surface area contributed by atoms with Crippen molar-refractivity contribution >= 4 is 17.9 Å². The fourth-order valence-corrected chi connectivity index (χ4v) is 2.00. The molecule has 0 bridgehead atoms.